The van der Waals surface area contributed by atoms with Gasteiger partial charge < -0.3 is 10.1 Å². The van der Waals surface area contributed by atoms with Gasteiger partial charge in [-0.15, -0.1) is 0 Å². The van der Waals surface area contributed by atoms with Crippen molar-refractivity contribution >= 4 is 16.9 Å². The first-order valence-corrected chi connectivity index (χ1v) is 9.22. The second kappa shape index (κ2) is 8.58. The fraction of sp³-hybridized carbons (Fsp3) is 0.333. The van der Waals surface area contributed by atoms with Gasteiger partial charge in [-0.1, -0.05) is 30.3 Å². The van der Waals surface area contributed by atoms with Crippen LogP contribution in [-0.2, 0) is 24.3 Å². The molecule has 3 aromatic rings. The predicted molar refractivity (Wildman–Crippen MR) is 106 cm³/mol. The van der Waals surface area contributed by atoms with Crippen LogP contribution in [0.1, 0.15) is 18.9 Å². The Balaban J connectivity index is 1.59. The van der Waals surface area contributed by atoms with Crippen LogP contribution in [0.15, 0.2) is 53.3 Å². The second-order valence-electron chi connectivity index (χ2n) is 6.33. The average Bonchev–Trinajstić information content (AvgIpc) is 2.97. The lowest BCUT2D eigenvalue weighted by molar-refractivity contribution is -0.121. The maximum Gasteiger partial charge on any atom is 0.329 e. The molecule has 0 saturated heterocycles. The molecule has 0 atom stereocenters. The van der Waals surface area contributed by atoms with Crippen LogP contribution < -0.4 is 15.7 Å². The van der Waals surface area contributed by atoms with Gasteiger partial charge in [-0.25, -0.2) is 4.79 Å². The lowest BCUT2D eigenvalue weighted by atomic mass is 10.1. The number of imidazole rings is 1. The van der Waals surface area contributed by atoms with Crippen molar-refractivity contribution in [1.29, 1.82) is 0 Å². The average molecular weight is 367 g/mol. The number of nitrogens with one attached hydrogen (secondary N) is 1. The summed E-state index contributed by atoms with van der Waals surface area (Å²) in [4.78, 5) is 24.8. The molecule has 2 aromatic carbocycles. The number of hydrogen-bond acceptors (Lipinski definition) is 3. The zero-order valence-corrected chi connectivity index (χ0v) is 15.8. The number of ether oxygens (including phenoxy) is 1. The van der Waals surface area contributed by atoms with Gasteiger partial charge in [-0.05, 0) is 37.1 Å². The van der Waals surface area contributed by atoms with Gasteiger partial charge in [0.1, 0.15) is 5.75 Å². The highest BCUT2D eigenvalue weighted by molar-refractivity contribution is 5.78. The summed E-state index contributed by atoms with van der Waals surface area (Å²) in [7, 11) is 1.64. The molecule has 27 heavy (non-hydrogen) atoms. The van der Waals surface area contributed by atoms with Crippen molar-refractivity contribution in [3.8, 4) is 5.75 Å². The Hall–Kier alpha value is -3.02. The molecule has 0 saturated carbocycles. The van der Waals surface area contributed by atoms with Crippen LogP contribution in [-0.4, -0.2) is 28.7 Å². The summed E-state index contributed by atoms with van der Waals surface area (Å²) in [5.41, 5.74) is 2.76. The van der Waals surface area contributed by atoms with Crippen molar-refractivity contribution in [3.05, 3.63) is 64.6 Å². The number of hydrogen-bond donors (Lipinski definition) is 1. The van der Waals surface area contributed by atoms with Crippen LogP contribution >= 0.6 is 0 Å². The van der Waals surface area contributed by atoms with Gasteiger partial charge in [-0.3, -0.25) is 13.9 Å². The maximum atomic E-state index is 12.6. The van der Waals surface area contributed by atoms with Gasteiger partial charge >= 0.3 is 5.69 Å². The van der Waals surface area contributed by atoms with Crippen LogP contribution in [0.4, 0.5) is 0 Å². The molecule has 0 spiro atoms. The third-order valence-corrected chi connectivity index (χ3v) is 4.71. The highest BCUT2D eigenvalue weighted by atomic mass is 16.5. The van der Waals surface area contributed by atoms with Crippen LogP contribution in [0.2, 0.25) is 0 Å². The predicted octanol–water partition coefficient (Wildman–Crippen LogP) is 2.58. The molecule has 6 heteroatoms. The Morgan fingerprint density at radius 3 is 2.41 bits per heavy atom. The summed E-state index contributed by atoms with van der Waals surface area (Å²) in [5, 5.41) is 2.92. The Bertz CT molecular complexity index is 988. The maximum absolute atomic E-state index is 12.6. The Morgan fingerprint density at radius 1 is 1.04 bits per heavy atom. The number of benzene rings is 2. The van der Waals surface area contributed by atoms with Crippen molar-refractivity contribution in [2.75, 3.05) is 13.7 Å². The zero-order valence-electron chi connectivity index (χ0n) is 15.8. The molecule has 0 fully saturated rings. The summed E-state index contributed by atoms with van der Waals surface area (Å²) in [6.45, 7) is 3.46. The molecule has 1 aromatic heterocycles. The monoisotopic (exact) mass is 367 g/mol. The number of nitrogens with zero attached hydrogens (tertiary/aromatic N) is 2. The van der Waals surface area contributed by atoms with Gasteiger partial charge in [-0.2, -0.15) is 0 Å². The second-order valence-corrected chi connectivity index (χ2v) is 6.33. The normalized spacial score (nSPS) is 10.9. The van der Waals surface area contributed by atoms with Crippen LogP contribution in [0.5, 0.6) is 5.75 Å². The molecule has 1 heterocycles. The summed E-state index contributed by atoms with van der Waals surface area (Å²) in [6, 6.07) is 15.5. The first-order chi connectivity index (χ1) is 13.2. The molecular formula is C21H25N3O3. The number of carbonyl (C=O) groups excluding carboxylic acids is 1. The number of methoxy groups -OCH3 is 1. The van der Waals surface area contributed by atoms with Gasteiger partial charge in [0.25, 0.3) is 0 Å². The van der Waals surface area contributed by atoms with E-state index in [-0.39, 0.29) is 18.0 Å². The van der Waals surface area contributed by atoms with Crippen molar-refractivity contribution in [1.82, 2.24) is 14.5 Å². The zero-order chi connectivity index (χ0) is 19.2. The Kier molecular flexibility index (Phi) is 5.96. The van der Waals surface area contributed by atoms with E-state index in [9.17, 15) is 9.59 Å². The molecule has 1 amide bonds. The number of aryl methyl sites for hydroxylation is 2. The molecular weight excluding hydrogens is 342 g/mol. The minimum absolute atomic E-state index is 0.0647. The fourth-order valence-electron chi connectivity index (χ4n) is 3.34. The van der Waals surface area contributed by atoms with E-state index >= 15 is 0 Å². The number of fused-ring (bicyclic) bond motifs is 1. The molecule has 6 nitrogen and oxygen atoms in total. The highest BCUT2D eigenvalue weighted by Gasteiger charge is 2.12. The summed E-state index contributed by atoms with van der Waals surface area (Å²) < 4.78 is 8.73. The van der Waals surface area contributed by atoms with Gasteiger partial charge in [0.05, 0.1) is 18.1 Å². The number of aromatic nitrogens is 2. The van der Waals surface area contributed by atoms with Crippen LogP contribution in [0, 0.1) is 0 Å². The highest BCUT2D eigenvalue weighted by Crippen LogP contribution is 2.17. The van der Waals surface area contributed by atoms with Crippen LogP contribution in [0.25, 0.3) is 11.0 Å². The number of carbonyl (C=O) groups is 1. The Labute approximate surface area is 158 Å². The minimum atomic E-state index is -0.0690. The first kappa shape index (κ1) is 18.8. The van der Waals surface area contributed by atoms with Crippen molar-refractivity contribution in [3.63, 3.8) is 0 Å². The molecule has 142 valence electrons. The van der Waals surface area contributed by atoms with Crippen LogP contribution in [0.3, 0.4) is 0 Å². The van der Waals surface area contributed by atoms with E-state index in [2.05, 4.69) is 5.32 Å². The molecule has 0 aliphatic rings. The quantitative estimate of drug-likeness (QED) is 0.665. The minimum Gasteiger partial charge on any atom is -0.496 e. The van der Waals surface area contributed by atoms with E-state index in [0.29, 0.717) is 26.1 Å². The standard InChI is InChI=1S/C21H25N3O3/c1-3-23-17-9-5-6-10-18(17)24(21(23)26)15-13-20(25)22-14-12-16-8-4-7-11-19(16)27-2/h4-11H,3,12-15H2,1-2H3,(H,22,25). The largest absolute Gasteiger partial charge is 0.496 e. The van der Waals surface area contributed by atoms with Crippen molar-refractivity contribution in [2.24, 2.45) is 0 Å². The third kappa shape index (κ3) is 4.05. The Morgan fingerprint density at radius 2 is 1.70 bits per heavy atom. The molecule has 0 aliphatic carbocycles. The fourth-order valence-corrected chi connectivity index (χ4v) is 3.34. The molecule has 1 N–H and O–H groups in total. The van der Waals surface area contributed by atoms with Gasteiger partial charge in [0, 0.05) is 26.1 Å². The molecule has 0 radical (unpaired) electrons. The summed E-state index contributed by atoms with van der Waals surface area (Å²) in [5.74, 6) is 0.760. The topological polar surface area (TPSA) is 65.3 Å². The lowest BCUT2D eigenvalue weighted by Crippen LogP contribution is -2.29. The van der Waals surface area contributed by atoms with E-state index in [1.807, 2.05) is 55.5 Å². The number of amides is 1. The van der Waals surface area contributed by atoms with Crippen molar-refractivity contribution in [2.45, 2.75) is 32.9 Å². The number of para-hydroxylation sites is 3. The SMILES string of the molecule is CCn1c(=O)n(CCC(=O)NCCc2ccccc2OC)c2ccccc21. The van der Waals surface area contributed by atoms with E-state index in [1.54, 1.807) is 16.2 Å². The summed E-state index contributed by atoms with van der Waals surface area (Å²) in [6.07, 6.45) is 0.967. The van der Waals surface area contributed by atoms with Gasteiger partial charge in [0.2, 0.25) is 5.91 Å². The van der Waals surface area contributed by atoms with Gasteiger partial charge in [0.15, 0.2) is 0 Å². The molecule has 0 unspecified atom stereocenters. The number of rotatable bonds is 8. The lowest BCUT2D eigenvalue weighted by Gasteiger charge is -2.09. The molecule has 3 rings (SSSR count). The van der Waals surface area contributed by atoms with E-state index in [1.165, 1.54) is 0 Å². The van der Waals surface area contributed by atoms with E-state index in [4.69, 9.17) is 4.74 Å². The molecule has 0 aliphatic heterocycles. The summed E-state index contributed by atoms with van der Waals surface area (Å²) >= 11 is 0. The molecule has 0 bridgehead atoms. The van der Waals surface area contributed by atoms with E-state index < -0.39 is 0 Å². The van der Waals surface area contributed by atoms with Crippen molar-refractivity contribution < 1.29 is 9.53 Å². The third-order valence-electron chi connectivity index (χ3n) is 4.71. The first-order valence-electron chi connectivity index (χ1n) is 9.22. The van der Waals surface area contributed by atoms with E-state index in [0.717, 1.165) is 22.3 Å². The smallest absolute Gasteiger partial charge is 0.329 e.